The van der Waals surface area contributed by atoms with E-state index in [9.17, 15) is 19.2 Å². The molecule has 0 saturated heterocycles. The molecule has 2 atom stereocenters. The van der Waals surface area contributed by atoms with Crippen LogP contribution in [-0.4, -0.2) is 53.7 Å². The number of carbonyl (C=O) groups is 4. The molecule has 0 aliphatic carbocycles. The number of thioether (sulfide) groups is 1. The molecule has 1 aliphatic heterocycles. The molecule has 0 bridgehead atoms. The molecule has 9 heteroatoms. The van der Waals surface area contributed by atoms with Gasteiger partial charge in [0.2, 0.25) is 11.8 Å². The Labute approximate surface area is 202 Å². The van der Waals surface area contributed by atoms with E-state index in [4.69, 9.17) is 4.74 Å². The van der Waals surface area contributed by atoms with Crippen LogP contribution in [0.4, 0.5) is 0 Å². The van der Waals surface area contributed by atoms with Gasteiger partial charge in [-0.3, -0.25) is 29.4 Å². The van der Waals surface area contributed by atoms with Gasteiger partial charge in [0, 0.05) is 10.6 Å². The Kier molecular flexibility index (Phi) is 8.20. The Hall–Kier alpha value is -2.78. The van der Waals surface area contributed by atoms with E-state index in [-0.39, 0.29) is 17.5 Å². The summed E-state index contributed by atoms with van der Waals surface area (Å²) in [7, 11) is 1.56. The molecule has 174 valence electrons. The molecule has 4 amide bonds. The van der Waals surface area contributed by atoms with Gasteiger partial charge in [0.1, 0.15) is 11.8 Å². The fourth-order valence-electron chi connectivity index (χ4n) is 3.84. The third-order valence-corrected chi connectivity index (χ3v) is 6.55. The SMILES string of the molecule is CCCC(C(=O)NC(=O)C(CSC)c1ccc(OC)cc1)N1C(=O)c2cccc(S)c2C1=O. The second-order valence-electron chi connectivity index (χ2n) is 7.62. The van der Waals surface area contributed by atoms with Crippen LogP contribution in [0.1, 0.15) is 52.0 Å². The molecule has 3 rings (SSSR count). The van der Waals surface area contributed by atoms with Gasteiger partial charge in [-0.05, 0) is 42.5 Å². The lowest BCUT2D eigenvalue weighted by Crippen LogP contribution is -2.51. The van der Waals surface area contributed by atoms with Crippen molar-refractivity contribution in [2.75, 3.05) is 19.1 Å². The summed E-state index contributed by atoms with van der Waals surface area (Å²) < 4.78 is 5.17. The minimum absolute atomic E-state index is 0.185. The maximum atomic E-state index is 13.2. The van der Waals surface area contributed by atoms with Crippen molar-refractivity contribution >= 4 is 48.0 Å². The molecule has 2 unspecified atom stereocenters. The number of hydrogen-bond donors (Lipinski definition) is 2. The number of amides is 4. The van der Waals surface area contributed by atoms with Gasteiger partial charge in [-0.15, -0.1) is 12.6 Å². The molecule has 1 aliphatic rings. The van der Waals surface area contributed by atoms with Crippen molar-refractivity contribution in [1.82, 2.24) is 10.2 Å². The number of fused-ring (bicyclic) bond motifs is 1. The summed E-state index contributed by atoms with van der Waals surface area (Å²) in [6.07, 6.45) is 2.65. The monoisotopic (exact) mass is 486 g/mol. The van der Waals surface area contributed by atoms with Gasteiger partial charge in [0.05, 0.1) is 24.2 Å². The van der Waals surface area contributed by atoms with Gasteiger partial charge in [-0.25, -0.2) is 0 Å². The first kappa shape index (κ1) is 24.9. The highest BCUT2D eigenvalue weighted by atomic mass is 32.2. The summed E-state index contributed by atoms with van der Waals surface area (Å²) in [5.41, 5.74) is 1.14. The van der Waals surface area contributed by atoms with Crippen molar-refractivity contribution in [3.05, 3.63) is 59.2 Å². The molecule has 33 heavy (non-hydrogen) atoms. The van der Waals surface area contributed by atoms with Crippen LogP contribution in [0.3, 0.4) is 0 Å². The van der Waals surface area contributed by atoms with Gasteiger partial charge >= 0.3 is 0 Å². The van der Waals surface area contributed by atoms with Crippen LogP contribution >= 0.6 is 24.4 Å². The molecule has 0 fully saturated rings. The Bertz CT molecular complexity index is 1070. The van der Waals surface area contributed by atoms with Crippen LogP contribution in [-0.2, 0) is 9.59 Å². The second-order valence-corrected chi connectivity index (χ2v) is 9.01. The summed E-state index contributed by atoms with van der Waals surface area (Å²) >= 11 is 5.77. The molecule has 0 aromatic heterocycles. The number of carbonyl (C=O) groups excluding carboxylic acids is 4. The summed E-state index contributed by atoms with van der Waals surface area (Å²) in [5, 5.41) is 2.45. The highest BCUT2D eigenvalue weighted by Gasteiger charge is 2.43. The van der Waals surface area contributed by atoms with Crippen molar-refractivity contribution in [2.45, 2.75) is 36.6 Å². The van der Waals surface area contributed by atoms with Crippen LogP contribution in [0.5, 0.6) is 5.75 Å². The molecule has 2 aromatic rings. The highest BCUT2D eigenvalue weighted by molar-refractivity contribution is 7.98. The zero-order valence-electron chi connectivity index (χ0n) is 18.7. The minimum Gasteiger partial charge on any atom is -0.497 e. The van der Waals surface area contributed by atoms with Crippen LogP contribution in [0.2, 0.25) is 0 Å². The molecular formula is C24H26N2O5S2. The normalized spacial score (nSPS) is 14.6. The molecule has 0 radical (unpaired) electrons. The fourth-order valence-corrected chi connectivity index (χ4v) is 4.82. The van der Waals surface area contributed by atoms with Crippen molar-refractivity contribution in [3.63, 3.8) is 0 Å². The van der Waals surface area contributed by atoms with E-state index in [2.05, 4.69) is 17.9 Å². The molecular weight excluding hydrogens is 460 g/mol. The first-order chi connectivity index (χ1) is 15.8. The summed E-state index contributed by atoms with van der Waals surface area (Å²) in [4.78, 5) is 53.6. The average Bonchev–Trinajstić information content (AvgIpc) is 3.06. The number of benzene rings is 2. The van der Waals surface area contributed by atoms with E-state index >= 15 is 0 Å². The Morgan fingerprint density at radius 2 is 1.79 bits per heavy atom. The molecule has 0 saturated carbocycles. The van der Waals surface area contributed by atoms with E-state index in [1.807, 2.05) is 13.2 Å². The van der Waals surface area contributed by atoms with Crippen LogP contribution in [0.15, 0.2) is 47.4 Å². The molecule has 2 aromatic carbocycles. The van der Waals surface area contributed by atoms with Gasteiger partial charge in [0.15, 0.2) is 0 Å². The maximum Gasteiger partial charge on any atom is 0.263 e. The zero-order valence-corrected chi connectivity index (χ0v) is 20.4. The molecule has 1 heterocycles. The maximum absolute atomic E-state index is 13.2. The van der Waals surface area contributed by atoms with Crippen molar-refractivity contribution < 1.29 is 23.9 Å². The Balaban J connectivity index is 1.83. The third-order valence-electron chi connectivity index (χ3n) is 5.52. The number of imide groups is 2. The number of ether oxygens (including phenoxy) is 1. The Morgan fingerprint density at radius 3 is 2.36 bits per heavy atom. The number of nitrogens with zero attached hydrogens (tertiary/aromatic N) is 1. The first-order valence-electron chi connectivity index (χ1n) is 10.5. The smallest absolute Gasteiger partial charge is 0.263 e. The zero-order chi connectivity index (χ0) is 24.1. The van der Waals surface area contributed by atoms with Gasteiger partial charge in [-0.2, -0.15) is 11.8 Å². The molecule has 1 N–H and O–H groups in total. The van der Waals surface area contributed by atoms with E-state index in [1.165, 1.54) is 11.8 Å². The van der Waals surface area contributed by atoms with Crippen LogP contribution < -0.4 is 10.1 Å². The number of thiol groups is 1. The number of rotatable bonds is 9. The number of methoxy groups -OCH3 is 1. The quantitative estimate of drug-likeness (QED) is 0.416. The van der Waals surface area contributed by atoms with Crippen LogP contribution in [0.25, 0.3) is 0 Å². The lowest BCUT2D eigenvalue weighted by Gasteiger charge is -2.25. The van der Waals surface area contributed by atoms with E-state index in [0.29, 0.717) is 22.8 Å². The minimum atomic E-state index is -1.09. The third kappa shape index (κ3) is 5.09. The van der Waals surface area contributed by atoms with Crippen molar-refractivity contribution in [2.24, 2.45) is 0 Å². The highest BCUT2D eigenvalue weighted by Crippen LogP contribution is 2.31. The average molecular weight is 487 g/mol. The largest absolute Gasteiger partial charge is 0.497 e. The second kappa shape index (κ2) is 10.9. The lowest BCUT2D eigenvalue weighted by atomic mass is 9.99. The van der Waals surface area contributed by atoms with E-state index in [1.54, 1.807) is 49.6 Å². The predicted octanol–water partition coefficient (Wildman–Crippen LogP) is 3.54. The lowest BCUT2D eigenvalue weighted by molar-refractivity contribution is -0.133. The van der Waals surface area contributed by atoms with Gasteiger partial charge < -0.3 is 4.74 Å². The fraction of sp³-hybridized carbons (Fsp3) is 0.333. The predicted molar refractivity (Wildman–Crippen MR) is 130 cm³/mol. The Morgan fingerprint density at radius 1 is 1.09 bits per heavy atom. The first-order valence-corrected chi connectivity index (χ1v) is 12.4. The standard InChI is InChI=1S/C24H26N2O5S2/c1-4-6-18(26-23(29)16-7-5-8-19(32)20(16)24(26)30)22(28)25-21(27)17(13-33-3)14-9-11-15(31-2)12-10-14/h5,7-12,17-18,32H,4,6,13H2,1-3H3,(H,25,27,28). The van der Waals surface area contributed by atoms with Gasteiger partial charge in [-0.1, -0.05) is 31.5 Å². The summed E-state index contributed by atoms with van der Waals surface area (Å²) in [5.74, 6) is -1.73. The molecule has 0 spiro atoms. The number of nitrogens with one attached hydrogen (secondary N) is 1. The number of hydrogen-bond acceptors (Lipinski definition) is 7. The topological polar surface area (TPSA) is 92.8 Å². The van der Waals surface area contributed by atoms with Crippen molar-refractivity contribution in [1.29, 1.82) is 0 Å². The van der Waals surface area contributed by atoms with Gasteiger partial charge in [0.25, 0.3) is 11.8 Å². The van der Waals surface area contributed by atoms with E-state index < -0.39 is 35.6 Å². The van der Waals surface area contributed by atoms with Crippen LogP contribution in [0, 0.1) is 0 Å². The van der Waals surface area contributed by atoms with Crippen molar-refractivity contribution in [3.8, 4) is 5.75 Å². The summed E-state index contributed by atoms with van der Waals surface area (Å²) in [6, 6.07) is 10.8. The summed E-state index contributed by atoms with van der Waals surface area (Å²) in [6.45, 7) is 1.85. The van der Waals surface area contributed by atoms with E-state index in [0.717, 1.165) is 10.5 Å². The molecule has 7 nitrogen and oxygen atoms in total.